The van der Waals surface area contributed by atoms with Crippen LogP contribution < -0.4 is 5.32 Å². The molecule has 0 aliphatic carbocycles. The standard InChI is InChI=1S/C17H12BrFN2O2S/c18-12-5-7-13(8-6-12)20-10-21-16(22)15(24-17(21)23)9-11-3-1-2-4-14(11)19/h1-9,20H,10H2/b15-9-. The van der Waals surface area contributed by atoms with Crippen LogP contribution in [-0.4, -0.2) is 22.7 Å². The number of carbonyl (C=O) groups excluding carboxylic acids is 2. The number of imide groups is 1. The minimum atomic E-state index is -0.433. The normalized spacial score (nSPS) is 16.1. The minimum absolute atomic E-state index is 0.0565. The number of amides is 2. The SMILES string of the molecule is O=C1S/C(=C\c2ccccc2F)C(=O)N1CNc1ccc(Br)cc1. The van der Waals surface area contributed by atoms with Crippen molar-refractivity contribution < 1.29 is 14.0 Å². The molecule has 2 aromatic carbocycles. The second-order valence-corrected chi connectivity index (χ2v) is 6.88. The van der Waals surface area contributed by atoms with Crippen LogP contribution in [-0.2, 0) is 4.79 Å². The van der Waals surface area contributed by atoms with Crippen molar-refractivity contribution in [3.05, 3.63) is 69.3 Å². The Hall–Kier alpha value is -2.12. The van der Waals surface area contributed by atoms with Gasteiger partial charge < -0.3 is 5.32 Å². The highest BCUT2D eigenvalue weighted by Gasteiger charge is 2.34. The molecule has 0 aromatic heterocycles. The van der Waals surface area contributed by atoms with Crippen molar-refractivity contribution in [2.45, 2.75) is 0 Å². The molecule has 1 aliphatic rings. The van der Waals surface area contributed by atoms with Crippen molar-refractivity contribution in [2.24, 2.45) is 0 Å². The molecule has 4 nitrogen and oxygen atoms in total. The number of halogens is 2. The summed E-state index contributed by atoms with van der Waals surface area (Å²) in [6, 6.07) is 13.5. The van der Waals surface area contributed by atoms with Gasteiger partial charge in [0.1, 0.15) is 5.82 Å². The zero-order chi connectivity index (χ0) is 17.1. The first-order chi connectivity index (χ1) is 11.5. The number of nitrogens with zero attached hydrogens (tertiary/aromatic N) is 1. The number of hydrogen-bond acceptors (Lipinski definition) is 4. The van der Waals surface area contributed by atoms with Gasteiger partial charge in [0.2, 0.25) is 0 Å². The van der Waals surface area contributed by atoms with Gasteiger partial charge in [0, 0.05) is 15.7 Å². The van der Waals surface area contributed by atoms with E-state index in [0.717, 1.165) is 26.8 Å². The van der Waals surface area contributed by atoms with E-state index in [-0.39, 0.29) is 22.4 Å². The fourth-order valence-corrected chi connectivity index (χ4v) is 3.20. The molecule has 0 unspecified atom stereocenters. The molecule has 1 aliphatic heterocycles. The number of thioether (sulfide) groups is 1. The molecule has 0 bridgehead atoms. The largest absolute Gasteiger partial charge is 0.367 e. The van der Waals surface area contributed by atoms with Crippen LogP contribution in [0.4, 0.5) is 14.9 Å². The predicted molar refractivity (Wildman–Crippen MR) is 96.8 cm³/mol. The van der Waals surface area contributed by atoms with Crippen LogP contribution in [0, 0.1) is 5.82 Å². The molecule has 0 atom stereocenters. The van der Waals surface area contributed by atoms with E-state index in [0.29, 0.717) is 0 Å². The molecular weight excluding hydrogens is 395 g/mol. The Balaban J connectivity index is 1.72. The number of anilines is 1. The lowest BCUT2D eigenvalue weighted by atomic mass is 10.2. The molecule has 122 valence electrons. The molecule has 7 heteroatoms. The third-order valence-electron chi connectivity index (χ3n) is 3.35. The summed E-state index contributed by atoms with van der Waals surface area (Å²) in [6.07, 6.45) is 1.40. The summed E-state index contributed by atoms with van der Waals surface area (Å²) in [6.45, 7) is 0.0565. The summed E-state index contributed by atoms with van der Waals surface area (Å²) in [5.41, 5.74) is 1.07. The quantitative estimate of drug-likeness (QED) is 0.747. The summed E-state index contributed by atoms with van der Waals surface area (Å²) in [5, 5.41) is 2.64. The van der Waals surface area contributed by atoms with Gasteiger partial charge in [-0.2, -0.15) is 0 Å². The highest BCUT2D eigenvalue weighted by molar-refractivity contribution is 9.10. The van der Waals surface area contributed by atoms with Crippen LogP contribution >= 0.6 is 27.7 Å². The molecule has 0 spiro atoms. The van der Waals surface area contributed by atoms with Crippen molar-refractivity contribution >= 4 is 50.6 Å². The summed E-state index contributed by atoms with van der Waals surface area (Å²) < 4.78 is 14.6. The topological polar surface area (TPSA) is 49.4 Å². The summed E-state index contributed by atoms with van der Waals surface area (Å²) in [7, 11) is 0. The fourth-order valence-electron chi connectivity index (χ4n) is 2.11. The Labute approximate surface area is 150 Å². The van der Waals surface area contributed by atoms with E-state index in [1.54, 1.807) is 18.2 Å². The molecular formula is C17H12BrFN2O2S. The lowest BCUT2D eigenvalue weighted by Gasteiger charge is -2.14. The van der Waals surface area contributed by atoms with E-state index >= 15 is 0 Å². The number of nitrogens with one attached hydrogen (secondary N) is 1. The first-order valence-electron chi connectivity index (χ1n) is 7.04. The Bertz CT molecular complexity index is 824. The van der Waals surface area contributed by atoms with Gasteiger partial charge in [0.05, 0.1) is 11.6 Å². The molecule has 0 saturated carbocycles. The van der Waals surface area contributed by atoms with Crippen LogP contribution in [0.15, 0.2) is 57.9 Å². The molecule has 3 rings (SSSR count). The average molecular weight is 407 g/mol. The highest BCUT2D eigenvalue weighted by atomic mass is 79.9. The van der Waals surface area contributed by atoms with E-state index in [9.17, 15) is 14.0 Å². The maximum absolute atomic E-state index is 13.7. The van der Waals surface area contributed by atoms with Gasteiger partial charge in [-0.05, 0) is 48.2 Å². The van der Waals surface area contributed by atoms with E-state index in [4.69, 9.17) is 0 Å². The van der Waals surface area contributed by atoms with E-state index in [1.165, 1.54) is 12.1 Å². The molecule has 1 N–H and O–H groups in total. The highest BCUT2D eigenvalue weighted by Crippen LogP contribution is 2.32. The Kier molecular flexibility index (Phi) is 5.01. The second-order valence-electron chi connectivity index (χ2n) is 4.97. The first kappa shape index (κ1) is 16.7. The van der Waals surface area contributed by atoms with Gasteiger partial charge in [0.15, 0.2) is 0 Å². The van der Waals surface area contributed by atoms with Gasteiger partial charge in [0.25, 0.3) is 11.1 Å². The summed E-state index contributed by atoms with van der Waals surface area (Å²) in [4.78, 5) is 25.7. The fraction of sp³-hybridized carbons (Fsp3) is 0.0588. The smallest absolute Gasteiger partial charge is 0.295 e. The van der Waals surface area contributed by atoms with E-state index in [2.05, 4.69) is 21.2 Å². The van der Waals surface area contributed by atoms with Crippen LogP contribution in [0.3, 0.4) is 0 Å². The maximum atomic E-state index is 13.7. The molecule has 1 saturated heterocycles. The Morgan fingerprint density at radius 1 is 1.12 bits per heavy atom. The monoisotopic (exact) mass is 406 g/mol. The maximum Gasteiger partial charge on any atom is 0.295 e. The van der Waals surface area contributed by atoms with Crippen LogP contribution in [0.5, 0.6) is 0 Å². The zero-order valence-corrected chi connectivity index (χ0v) is 14.7. The number of benzene rings is 2. The lowest BCUT2D eigenvalue weighted by Crippen LogP contribution is -2.33. The van der Waals surface area contributed by atoms with Gasteiger partial charge in [-0.15, -0.1) is 0 Å². The first-order valence-corrected chi connectivity index (χ1v) is 8.65. The third-order valence-corrected chi connectivity index (χ3v) is 4.79. The average Bonchev–Trinajstić information content (AvgIpc) is 2.83. The minimum Gasteiger partial charge on any atom is -0.367 e. The Morgan fingerprint density at radius 2 is 1.83 bits per heavy atom. The number of rotatable bonds is 4. The molecule has 2 aromatic rings. The van der Waals surface area contributed by atoms with Crippen LogP contribution in [0.2, 0.25) is 0 Å². The van der Waals surface area contributed by atoms with Crippen molar-refractivity contribution in [3.8, 4) is 0 Å². The van der Waals surface area contributed by atoms with E-state index in [1.807, 2.05) is 24.3 Å². The summed E-state index contributed by atoms with van der Waals surface area (Å²) in [5.74, 6) is -0.866. The van der Waals surface area contributed by atoms with Crippen molar-refractivity contribution in [1.82, 2.24) is 4.90 Å². The van der Waals surface area contributed by atoms with Gasteiger partial charge in [-0.1, -0.05) is 34.1 Å². The molecule has 2 amide bonds. The van der Waals surface area contributed by atoms with Gasteiger partial charge >= 0.3 is 0 Å². The van der Waals surface area contributed by atoms with Crippen molar-refractivity contribution in [3.63, 3.8) is 0 Å². The van der Waals surface area contributed by atoms with E-state index < -0.39 is 11.7 Å². The predicted octanol–water partition coefficient (Wildman–Crippen LogP) is 4.69. The second kappa shape index (κ2) is 7.19. The molecule has 1 heterocycles. The molecule has 0 radical (unpaired) electrons. The summed E-state index contributed by atoms with van der Waals surface area (Å²) >= 11 is 4.15. The molecule has 24 heavy (non-hydrogen) atoms. The van der Waals surface area contributed by atoms with Crippen LogP contribution in [0.1, 0.15) is 5.56 Å². The van der Waals surface area contributed by atoms with Gasteiger partial charge in [-0.25, -0.2) is 4.39 Å². The Morgan fingerprint density at radius 3 is 2.54 bits per heavy atom. The van der Waals surface area contributed by atoms with Crippen molar-refractivity contribution in [1.29, 1.82) is 0 Å². The van der Waals surface area contributed by atoms with Crippen LogP contribution in [0.25, 0.3) is 6.08 Å². The lowest BCUT2D eigenvalue weighted by molar-refractivity contribution is -0.122. The number of carbonyl (C=O) groups is 2. The van der Waals surface area contributed by atoms with Crippen molar-refractivity contribution in [2.75, 3.05) is 12.0 Å². The third kappa shape index (κ3) is 3.68. The molecule has 1 fully saturated rings. The number of hydrogen-bond donors (Lipinski definition) is 1. The zero-order valence-electron chi connectivity index (χ0n) is 12.3. The van der Waals surface area contributed by atoms with Gasteiger partial charge in [-0.3, -0.25) is 14.5 Å².